The van der Waals surface area contributed by atoms with E-state index in [2.05, 4.69) is 0 Å². The molecule has 6 heteroatoms. The molecule has 2 N–H and O–H groups in total. The van der Waals surface area contributed by atoms with Gasteiger partial charge in [0, 0.05) is 31.0 Å². The number of nitriles is 2. The molecule has 1 rings (SSSR count). The van der Waals surface area contributed by atoms with Crippen molar-refractivity contribution >= 4 is 5.69 Å². The van der Waals surface area contributed by atoms with E-state index in [4.69, 9.17) is 16.3 Å². The lowest BCUT2D eigenvalue weighted by Gasteiger charge is -2.15. The van der Waals surface area contributed by atoms with E-state index in [0.717, 1.165) is 0 Å². The van der Waals surface area contributed by atoms with Crippen LogP contribution in [-0.4, -0.2) is 29.1 Å². The van der Waals surface area contributed by atoms with Crippen molar-refractivity contribution in [2.75, 3.05) is 25.4 Å². The van der Waals surface area contributed by atoms with E-state index in [1.54, 1.807) is 17.2 Å². The smallest absolute Gasteiger partial charge is 0.250 e. The fourth-order valence-electron chi connectivity index (χ4n) is 1.60. The standard InChI is InChI=1S/C12H15N5O/c13-4-8-16(9-5-14)6-1-7-17-10-11(15)2-3-12(17)18/h2-3,10H,1,6-9,15H2. The van der Waals surface area contributed by atoms with Crippen LogP contribution in [0.3, 0.4) is 0 Å². The minimum absolute atomic E-state index is 0.101. The Hall–Kier alpha value is -2.31. The number of pyridine rings is 1. The molecule has 0 aliphatic carbocycles. The summed E-state index contributed by atoms with van der Waals surface area (Å²) in [5, 5.41) is 17.2. The van der Waals surface area contributed by atoms with Gasteiger partial charge in [-0.15, -0.1) is 0 Å². The molecule has 0 unspecified atom stereocenters. The summed E-state index contributed by atoms with van der Waals surface area (Å²) in [5.41, 5.74) is 6.04. The van der Waals surface area contributed by atoms with Crippen LogP contribution in [0.4, 0.5) is 5.69 Å². The largest absolute Gasteiger partial charge is 0.398 e. The molecule has 94 valence electrons. The second kappa shape index (κ2) is 7.10. The van der Waals surface area contributed by atoms with E-state index in [-0.39, 0.29) is 18.6 Å². The summed E-state index contributed by atoms with van der Waals surface area (Å²) in [6.07, 6.45) is 2.29. The maximum Gasteiger partial charge on any atom is 0.250 e. The fraction of sp³-hybridized carbons (Fsp3) is 0.417. The average Bonchev–Trinajstić information content (AvgIpc) is 2.34. The number of hydrogen-bond acceptors (Lipinski definition) is 5. The van der Waals surface area contributed by atoms with Gasteiger partial charge in [-0.05, 0) is 12.5 Å². The van der Waals surface area contributed by atoms with Crippen LogP contribution in [0.5, 0.6) is 0 Å². The number of anilines is 1. The van der Waals surface area contributed by atoms with Crippen LogP contribution in [0.2, 0.25) is 0 Å². The number of nitrogen functional groups attached to an aromatic ring is 1. The predicted octanol–water partition coefficient (Wildman–Crippen LogP) is 0.170. The topological polar surface area (TPSA) is 98.8 Å². The molecule has 0 fully saturated rings. The normalized spacial score (nSPS) is 9.94. The maximum absolute atomic E-state index is 11.5. The van der Waals surface area contributed by atoms with Crippen molar-refractivity contribution in [3.05, 3.63) is 28.7 Å². The highest BCUT2D eigenvalue weighted by molar-refractivity contribution is 5.33. The van der Waals surface area contributed by atoms with Crippen molar-refractivity contribution in [1.82, 2.24) is 9.47 Å². The molecule has 0 radical (unpaired) electrons. The zero-order valence-electron chi connectivity index (χ0n) is 10.0. The highest BCUT2D eigenvalue weighted by Crippen LogP contribution is 1.98. The summed E-state index contributed by atoms with van der Waals surface area (Å²) in [7, 11) is 0. The van der Waals surface area contributed by atoms with Gasteiger partial charge in [0.2, 0.25) is 0 Å². The third-order valence-corrected chi connectivity index (χ3v) is 2.47. The monoisotopic (exact) mass is 245 g/mol. The van der Waals surface area contributed by atoms with Crippen LogP contribution in [0.1, 0.15) is 6.42 Å². The summed E-state index contributed by atoms with van der Waals surface area (Å²) in [6.45, 7) is 1.57. The van der Waals surface area contributed by atoms with E-state index in [1.807, 2.05) is 12.1 Å². The molecule has 0 amide bonds. The maximum atomic E-state index is 11.5. The summed E-state index contributed by atoms with van der Waals surface area (Å²) in [4.78, 5) is 13.2. The van der Waals surface area contributed by atoms with Gasteiger partial charge in [0.05, 0.1) is 25.2 Å². The van der Waals surface area contributed by atoms with Crippen molar-refractivity contribution in [3.63, 3.8) is 0 Å². The lowest BCUT2D eigenvalue weighted by molar-refractivity contribution is 0.327. The zero-order chi connectivity index (χ0) is 13.4. The molecule has 0 aliphatic heterocycles. The molecule has 0 aromatic carbocycles. The predicted molar refractivity (Wildman–Crippen MR) is 67.4 cm³/mol. The molecule has 1 aromatic rings. The molecule has 0 saturated carbocycles. The molecule has 0 aliphatic rings. The Labute approximate surface area is 105 Å². The molecule has 1 aromatic heterocycles. The minimum Gasteiger partial charge on any atom is -0.398 e. The Morgan fingerprint density at radius 2 is 1.94 bits per heavy atom. The Kier molecular flexibility index (Phi) is 5.43. The van der Waals surface area contributed by atoms with Crippen LogP contribution in [0.15, 0.2) is 23.1 Å². The Bertz CT molecular complexity index is 506. The van der Waals surface area contributed by atoms with Crippen molar-refractivity contribution in [2.24, 2.45) is 0 Å². The molecular formula is C12H15N5O. The second-order valence-corrected chi connectivity index (χ2v) is 3.87. The van der Waals surface area contributed by atoms with Crippen LogP contribution < -0.4 is 11.3 Å². The van der Waals surface area contributed by atoms with Crippen molar-refractivity contribution in [3.8, 4) is 12.1 Å². The number of nitrogens with zero attached hydrogens (tertiary/aromatic N) is 4. The van der Waals surface area contributed by atoms with E-state index < -0.39 is 0 Å². The second-order valence-electron chi connectivity index (χ2n) is 3.87. The first-order valence-corrected chi connectivity index (χ1v) is 5.59. The Morgan fingerprint density at radius 1 is 1.28 bits per heavy atom. The van der Waals surface area contributed by atoms with Crippen LogP contribution in [-0.2, 0) is 6.54 Å². The van der Waals surface area contributed by atoms with Gasteiger partial charge in [0.15, 0.2) is 0 Å². The number of rotatable bonds is 6. The Balaban J connectivity index is 2.50. The fourth-order valence-corrected chi connectivity index (χ4v) is 1.60. The molecule has 1 heterocycles. The van der Waals surface area contributed by atoms with Gasteiger partial charge >= 0.3 is 0 Å². The number of hydrogen-bond donors (Lipinski definition) is 1. The zero-order valence-corrected chi connectivity index (χ0v) is 10.0. The van der Waals surface area contributed by atoms with Crippen molar-refractivity contribution in [2.45, 2.75) is 13.0 Å². The van der Waals surface area contributed by atoms with E-state index in [9.17, 15) is 4.79 Å². The molecule has 0 atom stereocenters. The summed E-state index contributed by atoms with van der Waals surface area (Å²) in [6, 6.07) is 7.01. The first-order chi connectivity index (χ1) is 8.67. The Morgan fingerprint density at radius 3 is 2.56 bits per heavy atom. The first kappa shape index (κ1) is 13.8. The lowest BCUT2D eigenvalue weighted by atomic mass is 10.3. The molecule has 0 saturated heterocycles. The molecular weight excluding hydrogens is 230 g/mol. The molecule has 0 bridgehead atoms. The van der Waals surface area contributed by atoms with Crippen molar-refractivity contribution < 1.29 is 0 Å². The summed E-state index contributed by atoms with van der Waals surface area (Å²) < 4.78 is 1.53. The highest BCUT2D eigenvalue weighted by atomic mass is 16.1. The number of aromatic nitrogens is 1. The van der Waals surface area contributed by atoms with Crippen molar-refractivity contribution in [1.29, 1.82) is 10.5 Å². The van der Waals surface area contributed by atoms with Gasteiger partial charge in [-0.25, -0.2) is 0 Å². The number of aryl methyl sites for hydroxylation is 1. The molecule has 0 spiro atoms. The average molecular weight is 245 g/mol. The van der Waals surface area contributed by atoms with Gasteiger partial charge in [-0.1, -0.05) is 0 Å². The lowest BCUT2D eigenvalue weighted by Crippen LogP contribution is -2.28. The number of nitrogens with two attached hydrogens (primary N) is 1. The highest BCUT2D eigenvalue weighted by Gasteiger charge is 2.03. The first-order valence-electron chi connectivity index (χ1n) is 5.59. The SMILES string of the molecule is N#CCN(CC#N)CCCn1cc(N)ccc1=O. The van der Waals surface area contributed by atoms with Crippen LogP contribution in [0, 0.1) is 22.7 Å². The van der Waals surface area contributed by atoms with Gasteiger partial charge in [0.25, 0.3) is 5.56 Å². The third kappa shape index (κ3) is 4.28. The third-order valence-electron chi connectivity index (χ3n) is 2.47. The van der Waals surface area contributed by atoms with Gasteiger partial charge < -0.3 is 10.3 Å². The quantitative estimate of drug-likeness (QED) is 0.720. The van der Waals surface area contributed by atoms with Gasteiger partial charge in [0.1, 0.15) is 0 Å². The van der Waals surface area contributed by atoms with Crippen LogP contribution in [0.25, 0.3) is 0 Å². The molecule has 6 nitrogen and oxygen atoms in total. The summed E-state index contributed by atoms with van der Waals surface area (Å²) in [5.74, 6) is 0. The molecule has 18 heavy (non-hydrogen) atoms. The van der Waals surface area contributed by atoms with Gasteiger partial charge in [-0.2, -0.15) is 10.5 Å². The minimum atomic E-state index is -0.101. The van der Waals surface area contributed by atoms with Crippen LogP contribution >= 0.6 is 0 Å². The van der Waals surface area contributed by atoms with Gasteiger partial charge in [-0.3, -0.25) is 9.69 Å². The van der Waals surface area contributed by atoms with E-state index >= 15 is 0 Å². The van der Waals surface area contributed by atoms with E-state index in [1.165, 1.54) is 10.6 Å². The summed E-state index contributed by atoms with van der Waals surface area (Å²) >= 11 is 0. The van der Waals surface area contributed by atoms with E-state index in [0.29, 0.717) is 25.2 Å².